The number of aryl methyl sites for hydroxylation is 1. The second-order valence-corrected chi connectivity index (χ2v) is 7.60. The smallest absolute Gasteiger partial charge is 0.258 e. The van der Waals surface area contributed by atoms with Gasteiger partial charge in [0.2, 0.25) is 5.91 Å². The maximum atomic E-state index is 12.2. The summed E-state index contributed by atoms with van der Waals surface area (Å²) < 4.78 is 5.76. The molecule has 2 rings (SSSR count). The van der Waals surface area contributed by atoms with E-state index in [1.165, 1.54) is 0 Å². The summed E-state index contributed by atoms with van der Waals surface area (Å²) in [4.78, 5) is 23.9. The molecule has 0 spiro atoms. The molecule has 2 aromatic carbocycles. The van der Waals surface area contributed by atoms with Gasteiger partial charge in [-0.2, -0.15) is 0 Å². The third-order valence-electron chi connectivity index (χ3n) is 4.39. The van der Waals surface area contributed by atoms with E-state index in [1.54, 1.807) is 0 Å². The van der Waals surface area contributed by atoms with E-state index in [9.17, 15) is 9.59 Å². The number of ether oxygens (including phenoxy) is 1. The minimum atomic E-state index is -0.173. The topological polar surface area (TPSA) is 67.4 Å². The van der Waals surface area contributed by atoms with Crippen molar-refractivity contribution in [2.45, 2.75) is 47.1 Å². The molecular weight excluding hydrogens is 352 g/mol. The van der Waals surface area contributed by atoms with E-state index in [0.717, 1.165) is 28.1 Å². The van der Waals surface area contributed by atoms with Crippen LogP contribution in [0.2, 0.25) is 0 Å². The van der Waals surface area contributed by atoms with Crippen molar-refractivity contribution >= 4 is 17.5 Å². The Morgan fingerprint density at radius 2 is 1.68 bits per heavy atom. The Morgan fingerprint density at radius 3 is 2.29 bits per heavy atom. The lowest BCUT2D eigenvalue weighted by Crippen LogP contribution is -2.28. The van der Waals surface area contributed by atoms with Gasteiger partial charge in [0.25, 0.3) is 5.91 Å². The molecule has 28 heavy (non-hydrogen) atoms. The van der Waals surface area contributed by atoms with Crippen LogP contribution in [0.25, 0.3) is 0 Å². The number of carbonyl (C=O) groups excluding carboxylic acids is 2. The van der Waals surface area contributed by atoms with Gasteiger partial charge in [0.05, 0.1) is 0 Å². The molecule has 2 aromatic rings. The van der Waals surface area contributed by atoms with Gasteiger partial charge >= 0.3 is 0 Å². The Bertz CT molecular complexity index is 811. The van der Waals surface area contributed by atoms with Crippen molar-refractivity contribution in [3.63, 3.8) is 0 Å². The Balaban J connectivity index is 1.85. The number of hydrogen-bond acceptors (Lipinski definition) is 3. The van der Waals surface area contributed by atoms with Gasteiger partial charge in [-0.05, 0) is 47.7 Å². The third-order valence-corrected chi connectivity index (χ3v) is 4.39. The Kier molecular flexibility index (Phi) is 7.61. The lowest BCUT2D eigenvalue weighted by molar-refractivity contribution is -0.123. The van der Waals surface area contributed by atoms with Crippen molar-refractivity contribution in [3.8, 4) is 5.75 Å². The minimum absolute atomic E-state index is 0.0184. The van der Waals surface area contributed by atoms with E-state index in [1.807, 2.05) is 57.2 Å². The lowest BCUT2D eigenvalue weighted by atomic mass is 10.0. The van der Waals surface area contributed by atoms with Crippen molar-refractivity contribution in [3.05, 3.63) is 59.2 Å². The number of carbonyl (C=O) groups is 2. The van der Waals surface area contributed by atoms with Crippen LogP contribution in [0.3, 0.4) is 0 Å². The van der Waals surface area contributed by atoms with Crippen LogP contribution in [0.4, 0.5) is 5.69 Å². The largest absolute Gasteiger partial charge is 0.483 e. The Morgan fingerprint density at radius 1 is 1.00 bits per heavy atom. The number of amides is 2. The molecular formula is C23H30N2O3. The third kappa shape index (κ3) is 6.41. The highest BCUT2D eigenvalue weighted by Crippen LogP contribution is 2.27. The summed E-state index contributed by atoms with van der Waals surface area (Å²) in [6, 6.07) is 13.5. The zero-order chi connectivity index (χ0) is 20.7. The van der Waals surface area contributed by atoms with Crippen LogP contribution in [0.1, 0.15) is 50.3 Å². The van der Waals surface area contributed by atoms with Crippen molar-refractivity contribution in [1.82, 2.24) is 5.32 Å². The van der Waals surface area contributed by atoms with Crippen LogP contribution in [-0.4, -0.2) is 18.4 Å². The van der Waals surface area contributed by atoms with Gasteiger partial charge in [-0.3, -0.25) is 9.59 Å². The molecule has 150 valence electrons. The minimum Gasteiger partial charge on any atom is -0.483 e. The van der Waals surface area contributed by atoms with Gasteiger partial charge in [0, 0.05) is 18.2 Å². The van der Waals surface area contributed by atoms with Gasteiger partial charge in [-0.15, -0.1) is 0 Å². The second kappa shape index (κ2) is 9.93. The van der Waals surface area contributed by atoms with Gasteiger partial charge in [-0.1, -0.05) is 52.0 Å². The fourth-order valence-electron chi connectivity index (χ4n) is 2.63. The van der Waals surface area contributed by atoms with Gasteiger partial charge < -0.3 is 15.4 Å². The molecule has 5 nitrogen and oxygen atoms in total. The quantitative estimate of drug-likeness (QED) is 0.711. The molecule has 5 heteroatoms. The number of anilines is 1. The van der Waals surface area contributed by atoms with Crippen LogP contribution in [-0.2, 0) is 16.1 Å². The van der Waals surface area contributed by atoms with E-state index in [-0.39, 0.29) is 24.3 Å². The van der Waals surface area contributed by atoms with Crippen molar-refractivity contribution < 1.29 is 14.3 Å². The molecule has 2 amide bonds. The fraction of sp³-hybridized carbons (Fsp3) is 0.391. The fourth-order valence-corrected chi connectivity index (χ4v) is 2.63. The molecule has 0 atom stereocenters. The second-order valence-electron chi connectivity index (χ2n) is 7.60. The summed E-state index contributed by atoms with van der Waals surface area (Å²) in [5, 5.41) is 5.70. The summed E-state index contributed by atoms with van der Waals surface area (Å²) in [5.41, 5.74) is 3.90. The zero-order valence-electron chi connectivity index (χ0n) is 17.3. The molecule has 0 saturated carbocycles. The first kappa shape index (κ1) is 21.5. The standard InChI is InChI=1S/C23H30N2O3/c1-15(2)20-11-6-17(5)12-21(20)28-14-22(26)24-13-18-7-9-19(10-8-18)25-23(27)16(3)4/h6-12,15-16H,13-14H2,1-5H3,(H,24,26)(H,25,27). The van der Waals surface area contributed by atoms with Crippen molar-refractivity contribution in [2.75, 3.05) is 11.9 Å². The van der Waals surface area contributed by atoms with E-state index < -0.39 is 0 Å². The highest BCUT2D eigenvalue weighted by molar-refractivity contribution is 5.92. The average molecular weight is 383 g/mol. The van der Waals surface area contributed by atoms with Crippen LogP contribution >= 0.6 is 0 Å². The molecule has 0 radical (unpaired) electrons. The van der Waals surface area contributed by atoms with Crippen LogP contribution in [0.5, 0.6) is 5.75 Å². The summed E-state index contributed by atoms with van der Waals surface area (Å²) in [6.45, 7) is 10.3. The molecule has 0 bridgehead atoms. The van der Waals surface area contributed by atoms with E-state index >= 15 is 0 Å². The number of benzene rings is 2. The molecule has 0 aromatic heterocycles. The normalized spacial score (nSPS) is 10.8. The van der Waals surface area contributed by atoms with E-state index in [0.29, 0.717) is 12.5 Å². The lowest BCUT2D eigenvalue weighted by Gasteiger charge is -2.15. The monoisotopic (exact) mass is 382 g/mol. The van der Waals surface area contributed by atoms with E-state index in [4.69, 9.17) is 4.74 Å². The van der Waals surface area contributed by atoms with Crippen LogP contribution in [0, 0.1) is 12.8 Å². The van der Waals surface area contributed by atoms with Crippen molar-refractivity contribution in [1.29, 1.82) is 0 Å². The first-order valence-corrected chi connectivity index (χ1v) is 9.66. The molecule has 0 unspecified atom stereocenters. The van der Waals surface area contributed by atoms with Crippen LogP contribution < -0.4 is 15.4 Å². The molecule has 0 aliphatic carbocycles. The predicted octanol–water partition coefficient (Wildman–Crippen LogP) is 4.41. The summed E-state index contributed by atoms with van der Waals surface area (Å²) >= 11 is 0. The maximum absolute atomic E-state index is 12.2. The Hall–Kier alpha value is -2.82. The molecule has 0 aliphatic heterocycles. The maximum Gasteiger partial charge on any atom is 0.258 e. The molecule has 0 aliphatic rings. The SMILES string of the molecule is Cc1ccc(C(C)C)c(OCC(=O)NCc2ccc(NC(=O)C(C)C)cc2)c1. The van der Waals surface area contributed by atoms with E-state index in [2.05, 4.69) is 30.5 Å². The summed E-state index contributed by atoms with van der Waals surface area (Å²) in [6.07, 6.45) is 0. The highest BCUT2D eigenvalue weighted by Gasteiger charge is 2.11. The van der Waals surface area contributed by atoms with Gasteiger partial charge in [-0.25, -0.2) is 0 Å². The molecule has 0 saturated heterocycles. The summed E-state index contributed by atoms with van der Waals surface area (Å²) in [7, 11) is 0. The van der Waals surface area contributed by atoms with Gasteiger partial charge in [0.1, 0.15) is 5.75 Å². The van der Waals surface area contributed by atoms with Crippen LogP contribution in [0.15, 0.2) is 42.5 Å². The summed E-state index contributed by atoms with van der Waals surface area (Å²) in [5.74, 6) is 0.829. The highest BCUT2D eigenvalue weighted by atomic mass is 16.5. The van der Waals surface area contributed by atoms with Crippen molar-refractivity contribution in [2.24, 2.45) is 5.92 Å². The number of rotatable bonds is 8. The molecule has 2 N–H and O–H groups in total. The number of hydrogen-bond donors (Lipinski definition) is 2. The average Bonchev–Trinajstić information content (AvgIpc) is 2.65. The molecule has 0 heterocycles. The zero-order valence-corrected chi connectivity index (χ0v) is 17.3. The Labute approximate surface area is 167 Å². The predicted molar refractivity (Wildman–Crippen MR) is 113 cm³/mol. The first-order valence-electron chi connectivity index (χ1n) is 9.66. The number of nitrogens with one attached hydrogen (secondary N) is 2. The first-order chi connectivity index (χ1) is 13.3. The molecule has 0 fully saturated rings. The van der Waals surface area contributed by atoms with Gasteiger partial charge in [0.15, 0.2) is 6.61 Å².